The van der Waals surface area contributed by atoms with Gasteiger partial charge in [0.1, 0.15) is 17.6 Å². The first-order valence-electron chi connectivity index (χ1n) is 10.5. The van der Waals surface area contributed by atoms with Crippen LogP contribution in [0.3, 0.4) is 0 Å². The normalized spacial score (nSPS) is 15.1. The lowest BCUT2D eigenvalue weighted by molar-refractivity contribution is -0.117. The zero-order chi connectivity index (χ0) is 22.7. The number of hydrogen-bond acceptors (Lipinski definition) is 6. The van der Waals surface area contributed by atoms with E-state index < -0.39 is 0 Å². The number of carbonyl (C=O) groups is 1. The first-order valence-corrected chi connectivity index (χ1v) is 10.5. The molecule has 1 amide bonds. The van der Waals surface area contributed by atoms with Gasteiger partial charge in [0, 0.05) is 36.0 Å². The Balaban J connectivity index is 1.58. The summed E-state index contributed by atoms with van der Waals surface area (Å²) in [6, 6.07) is 8.09. The quantitative estimate of drug-likeness (QED) is 0.628. The Morgan fingerprint density at radius 1 is 1.34 bits per heavy atom. The van der Waals surface area contributed by atoms with Crippen molar-refractivity contribution in [3.63, 3.8) is 0 Å². The number of nitrogens with one attached hydrogen (secondary N) is 1. The second-order valence-corrected chi connectivity index (χ2v) is 8.04. The molecule has 1 fully saturated rings. The second-order valence-electron chi connectivity index (χ2n) is 8.04. The average Bonchev–Trinajstić information content (AvgIpc) is 3.22. The number of pyridine rings is 2. The van der Waals surface area contributed by atoms with Crippen LogP contribution in [0.1, 0.15) is 32.3 Å². The molecular weight excluding hydrogens is 404 g/mol. The van der Waals surface area contributed by atoms with Gasteiger partial charge in [0.2, 0.25) is 0 Å². The van der Waals surface area contributed by atoms with E-state index in [4.69, 9.17) is 11.2 Å². The van der Waals surface area contributed by atoms with Crippen LogP contribution in [-0.4, -0.2) is 45.7 Å². The molecule has 0 unspecified atom stereocenters. The maximum Gasteiger partial charge on any atom is 0.296 e. The summed E-state index contributed by atoms with van der Waals surface area (Å²) >= 11 is 0. The zero-order valence-electron chi connectivity index (χ0n) is 18.1. The van der Waals surface area contributed by atoms with Crippen LogP contribution in [0.25, 0.3) is 16.6 Å². The van der Waals surface area contributed by atoms with Gasteiger partial charge in [-0.1, -0.05) is 0 Å². The minimum absolute atomic E-state index is 0.305. The molecule has 0 aromatic carbocycles. The van der Waals surface area contributed by atoms with Crippen LogP contribution in [0.5, 0.6) is 5.75 Å². The molecule has 4 heterocycles. The highest BCUT2D eigenvalue weighted by atomic mass is 16.5. The van der Waals surface area contributed by atoms with E-state index in [0.717, 1.165) is 48.4 Å². The van der Waals surface area contributed by atoms with Gasteiger partial charge in [0.25, 0.3) is 5.91 Å². The smallest absolute Gasteiger partial charge is 0.296 e. The van der Waals surface area contributed by atoms with Gasteiger partial charge >= 0.3 is 0 Å². The van der Waals surface area contributed by atoms with E-state index in [2.05, 4.69) is 32.3 Å². The number of hydrogen-bond donors (Lipinski definition) is 1. The van der Waals surface area contributed by atoms with Crippen molar-refractivity contribution in [3.05, 3.63) is 42.4 Å². The molecule has 0 saturated carbocycles. The predicted octanol–water partition coefficient (Wildman–Crippen LogP) is 2.77. The van der Waals surface area contributed by atoms with Gasteiger partial charge in [0.15, 0.2) is 0 Å². The largest absolute Gasteiger partial charge is 0.492 e. The molecule has 0 bridgehead atoms. The van der Waals surface area contributed by atoms with Crippen LogP contribution in [0.2, 0.25) is 0 Å². The molecule has 1 aliphatic rings. The number of terminal acetylenes is 1. The number of nitrogens with zero attached hydrogens (tertiary/aromatic N) is 5. The molecule has 0 radical (unpaired) electrons. The lowest BCUT2D eigenvalue weighted by Gasteiger charge is -2.40. The summed E-state index contributed by atoms with van der Waals surface area (Å²) in [5, 5.41) is 16.7. The molecule has 1 saturated heterocycles. The van der Waals surface area contributed by atoms with Crippen LogP contribution in [0, 0.1) is 23.7 Å². The van der Waals surface area contributed by atoms with Gasteiger partial charge in [-0.2, -0.15) is 10.4 Å². The number of anilines is 1. The molecular formula is C24H24N6O2. The first-order chi connectivity index (χ1) is 15.5. The molecule has 0 aliphatic carbocycles. The highest BCUT2D eigenvalue weighted by Gasteiger charge is 2.31. The van der Waals surface area contributed by atoms with E-state index in [1.165, 1.54) is 0 Å². The maximum atomic E-state index is 11.6. The van der Waals surface area contributed by atoms with Gasteiger partial charge in [0.05, 0.1) is 30.1 Å². The first kappa shape index (κ1) is 21.2. The van der Waals surface area contributed by atoms with Crippen molar-refractivity contribution in [1.82, 2.24) is 19.9 Å². The van der Waals surface area contributed by atoms with Gasteiger partial charge in [-0.05, 0) is 50.8 Å². The Bertz CT molecular complexity index is 1220. The van der Waals surface area contributed by atoms with E-state index in [-0.39, 0.29) is 11.4 Å². The monoisotopic (exact) mass is 428 g/mol. The topological polar surface area (TPSA) is 95.5 Å². The number of piperidine rings is 1. The van der Waals surface area contributed by atoms with Crippen molar-refractivity contribution in [2.24, 2.45) is 0 Å². The third-order valence-corrected chi connectivity index (χ3v) is 5.81. The number of fused-ring (bicyclic) bond motifs is 1. The van der Waals surface area contributed by atoms with Crippen LogP contribution >= 0.6 is 0 Å². The average molecular weight is 428 g/mol. The Kier molecular flexibility index (Phi) is 5.70. The molecule has 8 heteroatoms. The minimum atomic E-state index is -0.374. The van der Waals surface area contributed by atoms with Crippen LogP contribution < -0.4 is 15.0 Å². The van der Waals surface area contributed by atoms with Crippen molar-refractivity contribution in [3.8, 4) is 35.3 Å². The van der Waals surface area contributed by atoms with E-state index in [9.17, 15) is 10.1 Å². The van der Waals surface area contributed by atoms with E-state index in [1.807, 2.05) is 38.2 Å². The van der Waals surface area contributed by atoms with Gasteiger partial charge < -0.3 is 15.0 Å². The fourth-order valence-electron chi connectivity index (χ4n) is 4.04. The number of ether oxygens (including phenoxy) is 1. The number of rotatable bonds is 5. The van der Waals surface area contributed by atoms with Gasteiger partial charge in [-0.15, -0.1) is 6.42 Å². The molecule has 162 valence electrons. The van der Waals surface area contributed by atoms with Crippen LogP contribution in [-0.2, 0) is 4.79 Å². The summed E-state index contributed by atoms with van der Waals surface area (Å²) in [5.41, 5.74) is 2.63. The molecule has 4 rings (SSSR count). The summed E-state index contributed by atoms with van der Waals surface area (Å²) in [4.78, 5) is 18.5. The highest BCUT2D eigenvalue weighted by Crippen LogP contribution is 2.32. The predicted molar refractivity (Wildman–Crippen MR) is 121 cm³/mol. The van der Waals surface area contributed by atoms with Crippen molar-refractivity contribution in [2.75, 3.05) is 24.6 Å². The molecule has 3 aromatic rings. The highest BCUT2D eigenvalue weighted by molar-refractivity contribution is 5.93. The van der Waals surface area contributed by atoms with Crippen molar-refractivity contribution < 1.29 is 9.53 Å². The van der Waals surface area contributed by atoms with Gasteiger partial charge in [-0.25, -0.2) is 9.50 Å². The fourth-order valence-corrected chi connectivity index (χ4v) is 4.04. The number of aromatic nitrogens is 3. The summed E-state index contributed by atoms with van der Waals surface area (Å²) in [6.07, 6.45) is 11.9. The molecule has 1 N–H and O–H groups in total. The Hall–Kier alpha value is -4.04. The number of amides is 1. The molecule has 0 atom stereocenters. The molecule has 0 spiro atoms. The van der Waals surface area contributed by atoms with Crippen molar-refractivity contribution in [1.29, 1.82) is 5.26 Å². The molecule has 1 aliphatic heterocycles. The number of nitriles is 1. The van der Waals surface area contributed by atoms with E-state index in [0.29, 0.717) is 17.9 Å². The molecule has 32 heavy (non-hydrogen) atoms. The third kappa shape index (κ3) is 4.08. The standard InChI is InChI=1S/C24H24N6O2/c1-4-22(31)28-24(3)8-10-29(11-9-24)21-7-6-17(14-26-21)20-12-19(32-5-2)16-30-23(20)18(13-25)15-27-30/h1,6-7,12,14-16H,5,8-11H2,2-3H3,(H,28,31). The Labute approximate surface area is 186 Å². The summed E-state index contributed by atoms with van der Waals surface area (Å²) < 4.78 is 7.35. The summed E-state index contributed by atoms with van der Waals surface area (Å²) in [6.45, 7) is 6.00. The number of carbonyl (C=O) groups excluding carboxylic acids is 1. The lowest BCUT2D eigenvalue weighted by atomic mass is 9.89. The van der Waals surface area contributed by atoms with Crippen LogP contribution in [0.15, 0.2) is 36.8 Å². The fraction of sp³-hybridized carbons (Fsp3) is 0.333. The Morgan fingerprint density at radius 3 is 2.75 bits per heavy atom. The SMILES string of the molecule is C#CC(=O)NC1(C)CCN(c2ccc(-c3cc(OCC)cn4ncc(C#N)c34)cn2)CC1. The van der Waals surface area contributed by atoms with Gasteiger partial charge in [-0.3, -0.25) is 4.79 Å². The van der Waals surface area contributed by atoms with E-state index in [1.54, 1.807) is 16.9 Å². The second kappa shape index (κ2) is 8.60. The third-order valence-electron chi connectivity index (χ3n) is 5.81. The minimum Gasteiger partial charge on any atom is -0.492 e. The Morgan fingerprint density at radius 2 is 2.12 bits per heavy atom. The molecule has 3 aromatic heterocycles. The summed E-state index contributed by atoms with van der Waals surface area (Å²) in [5.74, 6) is 3.29. The van der Waals surface area contributed by atoms with Crippen molar-refractivity contribution >= 4 is 17.2 Å². The molecule has 8 nitrogen and oxygen atoms in total. The zero-order valence-corrected chi connectivity index (χ0v) is 18.1. The van der Waals surface area contributed by atoms with Crippen molar-refractivity contribution in [2.45, 2.75) is 32.2 Å². The van der Waals surface area contributed by atoms with Crippen LogP contribution in [0.4, 0.5) is 5.82 Å². The van der Waals surface area contributed by atoms with E-state index >= 15 is 0 Å². The summed E-state index contributed by atoms with van der Waals surface area (Å²) in [7, 11) is 0. The lowest BCUT2D eigenvalue weighted by Crippen LogP contribution is -2.53. The maximum absolute atomic E-state index is 11.6.